The number of nitrogens with one attached hydrogen (secondary N) is 1. The van der Waals surface area contributed by atoms with Gasteiger partial charge in [0.15, 0.2) is 0 Å². The molecule has 0 saturated carbocycles. The molecule has 1 unspecified atom stereocenters. The smallest absolute Gasteiger partial charge is 0.267 e. The molecule has 0 saturated heterocycles. The van der Waals surface area contributed by atoms with Crippen LogP contribution < -0.4 is 10.9 Å². The van der Waals surface area contributed by atoms with Crippen LogP contribution in [0.15, 0.2) is 53.3 Å². The normalized spacial score (nSPS) is 12.5. The molecule has 0 fully saturated rings. The summed E-state index contributed by atoms with van der Waals surface area (Å²) in [5, 5.41) is 13.5. The average molecular weight is 361 g/mol. The Kier molecular flexibility index (Phi) is 5.13. The fourth-order valence-corrected chi connectivity index (χ4v) is 2.82. The van der Waals surface area contributed by atoms with Crippen LogP contribution in [0.4, 0.5) is 0 Å². The highest BCUT2D eigenvalue weighted by molar-refractivity contribution is 5.84. The van der Waals surface area contributed by atoms with Gasteiger partial charge in [-0.3, -0.25) is 9.36 Å². The van der Waals surface area contributed by atoms with Gasteiger partial charge in [0.2, 0.25) is 0 Å². The Hall–Kier alpha value is -2.94. The van der Waals surface area contributed by atoms with Gasteiger partial charge >= 0.3 is 0 Å². The molecule has 2 N–H and O–H groups in total. The van der Waals surface area contributed by atoms with Crippen molar-refractivity contribution in [3.8, 4) is 17.5 Å². The van der Waals surface area contributed by atoms with Gasteiger partial charge < -0.3 is 10.4 Å². The van der Waals surface area contributed by atoms with Crippen molar-refractivity contribution in [2.75, 3.05) is 7.05 Å². The highest BCUT2D eigenvalue weighted by atomic mass is 16.3. The van der Waals surface area contributed by atoms with Crippen molar-refractivity contribution in [2.24, 2.45) is 0 Å². The number of aliphatic hydroxyl groups is 1. The first-order valence-corrected chi connectivity index (χ1v) is 8.86. The molecule has 0 aliphatic rings. The van der Waals surface area contributed by atoms with E-state index >= 15 is 0 Å². The lowest BCUT2D eigenvalue weighted by Crippen LogP contribution is -2.29. The zero-order valence-corrected chi connectivity index (χ0v) is 15.9. The molecular weight excluding hydrogens is 338 g/mol. The maximum atomic E-state index is 13.5. The minimum absolute atomic E-state index is 0.117. The van der Waals surface area contributed by atoms with Gasteiger partial charge in [-0.2, -0.15) is 0 Å². The minimum atomic E-state index is -1.14. The van der Waals surface area contributed by atoms with E-state index in [2.05, 4.69) is 17.2 Å². The number of hydrogen-bond donors (Lipinski definition) is 2. The first-order valence-electron chi connectivity index (χ1n) is 8.86. The van der Waals surface area contributed by atoms with E-state index in [0.29, 0.717) is 22.3 Å². The van der Waals surface area contributed by atoms with Crippen LogP contribution >= 0.6 is 0 Å². The van der Waals surface area contributed by atoms with Crippen LogP contribution in [0.2, 0.25) is 0 Å². The van der Waals surface area contributed by atoms with Crippen molar-refractivity contribution in [3.63, 3.8) is 0 Å². The van der Waals surface area contributed by atoms with Crippen molar-refractivity contribution < 1.29 is 5.11 Å². The first kappa shape index (κ1) is 18.8. The Morgan fingerprint density at radius 2 is 1.85 bits per heavy atom. The fraction of sp³-hybridized carbons (Fsp3) is 0.273. The Balaban J connectivity index is 2.39. The summed E-state index contributed by atoms with van der Waals surface area (Å²) in [5.74, 6) is 6.36. The van der Waals surface area contributed by atoms with E-state index in [1.807, 2.05) is 56.4 Å². The lowest BCUT2D eigenvalue weighted by atomic mass is 10.1. The molecule has 3 aromatic rings. The molecule has 0 amide bonds. The number of rotatable bonds is 3. The zero-order chi connectivity index (χ0) is 19.6. The van der Waals surface area contributed by atoms with Gasteiger partial charge in [-0.25, -0.2) is 4.98 Å². The van der Waals surface area contributed by atoms with E-state index in [1.54, 1.807) is 24.5 Å². The number of hydrogen-bond acceptors (Lipinski definition) is 4. The van der Waals surface area contributed by atoms with Gasteiger partial charge in [0.1, 0.15) is 11.4 Å². The predicted molar refractivity (Wildman–Crippen MR) is 108 cm³/mol. The summed E-state index contributed by atoms with van der Waals surface area (Å²) in [6.45, 7) is 5.18. The van der Waals surface area contributed by atoms with Crippen molar-refractivity contribution in [1.29, 1.82) is 0 Å². The molecule has 2 aromatic carbocycles. The topological polar surface area (TPSA) is 67.2 Å². The van der Waals surface area contributed by atoms with E-state index in [9.17, 15) is 9.90 Å². The number of para-hydroxylation sites is 1. The fourth-order valence-electron chi connectivity index (χ4n) is 2.82. The second-order valence-electron chi connectivity index (χ2n) is 6.97. The second kappa shape index (κ2) is 7.36. The highest BCUT2D eigenvalue weighted by Crippen LogP contribution is 2.20. The number of aromatic nitrogens is 2. The van der Waals surface area contributed by atoms with Gasteiger partial charge in [-0.05, 0) is 52.1 Å². The Bertz CT molecular complexity index is 1080. The van der Waals surface area contributed by atoms with Crippen LogP contribution in [-0.2, 0) is 0 Å². The molecule has 3 rings (SSSR count). The van der Waals surface area contributed by atoms with E-state index in [1.165, 1.54) is 0 Å². The lowest BCUT2D eigenvalue weighted by Gasteiger charge is -2.18. The SMILES string of the molecule is CNC(C)c1nc2cccc(C#CC(C)(C)O)c2c(=O)n1-c1ccccc1. The van der Waals surface area contributed by atoms with Crippen LogP contribution in [0.1, 0.15) is 38.2 Å². The molecular formula is C22H23N3O2. The molecule has 0 aliphatic heterocycles. The molecule has 5 heteroatoms. The molecule has 0 radical (unpaired) electrons. The molecule has 138 valence electrons. The summed E-state index contributed by atoms with van der Waals surface area (Å²) in [6, 6.07) is 14.7. The van der Waals surface area contributed by atoms with Gasteiger partial charge in [0.05, 0.1) is 22.6 Å². The summed E-state index contributed by atoms with van der Waals surface area (Å²) in [7, 11) is 1.83. The molecule has 1 heterocycles. The van der Waals surface area contributed by atoms with Crippen LogP contribution in [0.3, 0.4) is 0 Å². The molecule has 1 atom stereocenters. The van der Waals surface area contributed by atoms with Crippen molar-refractivity contribution >= 4 is 10.9 Å². The zero-order valence-electron chi connectivity index (χ0n) is 15.9. The molecule has 0 aliphatic carbocycles. The predicted octanol–water partition coefficient (Wildman–Crippen LogP) is 2.79. The third-order valence-corrected chi connectivity index (χ3v) is 4.26. The number of nitrogens with zero attached hydrogens (tertiary/aromatic N) is 2. The van der Waals surface area contributed by atoms with Crippen molar-refractivity contribution in [3.05, 3.63) is 70.3 Å². The lowest BCUT2D eigenvalue weighted by molar-refractivity contribution is 0.143. The van der Waals surface area contributed by atoms with Crippen molar-refractivity contribution in [2.45, 2.75) is 32.4 Å². The van der Waals surface area contributed by atoms with Crippen LogP contribution in [-0.4, -0.2) is 27.3 Å². The first-order chi connectivity index (χ1) is 12.8. The molecule has 1 aromatic heterocycles. The molecule has 27 heavy (non-hydrogen) atoms. The number of fused-ring (bicyclic) bond motifs is 1. The third-order valence-electron chi connectivity index (χ3n) is 4.26. The van der Waals surface area contributed by atoms with Gasteiger partial charge in [-0.15, -0.1) is 0 Å². The summed E-state index contributed by atoms with van der Waals surface area (Å²) < 4.78 is 1.62. The Labute approximate surface area is 158 Å². The monoisotopic (exact) mass is 361 g/mol. The Morgan fingerprint density at radius 3 is 2.48 bits per heavy atom. The summed E-state index contributed by atoms with van der Waals surface area (Å²) in [4.78, 5) is 18.2. The maximum Gasteiger partial charge on any atom is 0.267 e. The van der Waals surface area contributed by atoms with Gasteiger partial charge in [0, 0.05) is 5.56 Å². The largest absolute Gasteiger partial charge is 0.378 e. The second-order valence-corrected chi connectivity index (χ2v) is 6.97. The minimum Gasteiger partial charge on any atom is -0.378 e. The number of benzene rings is 2. The quantitative estimate of drug-likeness (QED) is 0.704. The Morgan fingerprint density at radius 1 is 1.15 bits per heavy atom. The van der Waals surface area contributed by atoms with E-state index in [0.717, 1.165) is 5.69 Å². The van der Waals surface area contributed by atoms with Gasteiger partial charge in [0.25, 0.3) is 5.56 Å². The van der Waals surface area contributed by atoms with Crippen LogP contribution in [0, 0.1) is 11.8 Å². The summed E-state index contributed by atoms with van der Waals surface area (Å²) in [5.41, 5.74) is 0.574. The van der Waals surface area contributed by atoms with E-state index in [4.69, 9.17) is 4.98 Å². The summed E-state index contributed by atoms with van der Waals surface area (Å²) >= 11 is 0. The van der Waals surface area contributed by atoms with E-state index in [-0.39, 0.29) is 11.6 Å². The highest BCUT2D eigenvalue weighted by Gasteiger charge is 2.18. The molecule has 0 bridgehead atoms. The van der Waals surface area contributed by atoms with Gasteiger partial charge in [-0.1, -0.05) is 36.1 Å². The molecule has 0 spiro atoms. The van der Waals surface area contributed by atoms with Crippen LogP contribution in [0.25, 0.3) is 16.6 Å². The third kappa shape index (κ3) is 3.92. The summed E-state index contributed by atoms with van der Waals surface area (Å²) in [6.07, 6.45) is 0. The van der Waals surface area contributed by atoms with Crippen LogP contribution in [0.5, 0.6) is 0 Å². The van der Waals surface area contributed by atoms with Crippen molar-refractivity contribution in [1.82, 2.24) is 14.9 Å². The standard InChI is InChI=1S/C22H23N3O2/c1-15(23-4)20-24-18-12-8-9-16(13-14-22(2,3)27)19(18)21(26)25(20)17-10-6-5-7-11-17/h5-12,15,23,27H,1-4H3. The average Bonchev–Trinajstić information content (AvgIpc) is 2.65. The molecule has 5 nitrogen and oxygen atoms in total. The van der Waals surface area contributed by atoms with E-state index < -0.39 is 5.60 Å². The maximum absolute atomic E-state index is 13.5.